The quantitative estimate of drug-likeness (QED) is 0.336. The highest BCUT2D eigenvalue weighted by atomic mass is 16.5. The minimum Gasteiger partial charge on any atom is -0.618 e. The number of nitrogen functional groups attached to an aromatic ring is 2. The van der Waals surface area contributed by atoms with Crippen LogP contribution in [0.15, 0.2) is 24.5 Å². The topological polar surface area (TPSA) is 91.9 Å². The summed E-state index contributed by atoms with van der Waals surface area (Å²) in [5.41, 5.74) is 12.9. The van der Waals surface area contributed by atoms with Crippen LogP contribution >= 0.6 is 0 Å². The van der Waals surface area contributed by atoms with Crippen molar-refractivity contribution in [2.45, 2.75) is 0 Å². The van der Waals surface area contributed by atoms with Crippen molar-refractivity contribution >= 4 is 22.4 Å². The molecule has 0 aliphatic heterocycles. The van der Waals surface area contributed by atoms with Crippen molar-refractivity contribution in [1.82, 2.24) is 4.98 Å². The highest BCUT2D eigenvalue weighted by molar-refractivity contribution is 5.83. The molecule has 0 amide bonds. The monoisotopic (exact) mass is 176 g/mol. The predicted molar refractivity (Wildman–Crippen MR) is 49.5 cm³/mol. The number of benzene rings is 1. The van der Waals surface area contributed by atoms with E-state index in [9.17, 15) is 5.21 Å². The zero-order chi connectivity index (χ0) is 9.42. The molecule has 0 spiro atoms. The van der Waals surface area contributed by atoms with Gasteiger partial charge in [-0.2, -0.15) is 4.73 Å². The Balaban J connectivity index is 2.89. The van der Waals surface area contributed by atoms with Crippen molar-refractivity contribution in [2.75, 3.05) is 11.5 Å². The van der Waals surface area contributed by atoms with Crippen molar-refractivity contribution in [1.29, 1.82) is 0 Å². The molecule has 66 valence electrons. The lowest BCUT2D eigenvalue weighted by Crippen LogP contribution is -2.26. The number of aromatic nitrogens is 2. The Morgan fingerprint density at radius 2 is 1.92 bits per heavy atom. The van der Waals surface area contributed by atoms with E-state index in [-0.39, 0.29) is 0 Å². The molecular formula is C8H8N4O. The third kappa shape index (κ3) is 1.10. The maximum Gasteiger partial charge on any atom is 0.244 e. The second-order valence-electron chi connectivity index (χ2n) is 2.72. The highest BCUT2D eigenvalue weighted by Gasteiger charge is 2.06. The molecule has 5 heteroatoms. The van der Waals surface area contributed by atoms with Crippen LogP contribution in [0, 0.1) is 5.21 Å². The zero-order valence-electron chi connectivity index (χ0n) is 6.77. The molecule has 1 heterocycles. The number of hydrogen-bond acceptors (Lipinski definition) is 4. The van der Waals surface area contributed by atoms with Gasteiger partial charge in [0.15, 0.2) is 6.20 Å². The minimum absolute atomic E-state index is 0.394. The highest BCUT2D eigenvalue weighted by Crippen LogP contribution is 2.19. The van der Waals surface area contributed by atoms with Gasteiger partial charge in [-0.15, -0.1) is 0 Å². The third-order valence-electron chi connectivity index (χ3n) is 1.83. The van der Waals surface area contributed by atoms with Gasteiger partial charge in [0.1, 0.15) is 5.52 Å². The van der Waals surface area contributed by atoms with Crippen molar-refractivity contribution in [3.63, 3.8) is 0 Å². The number of nitrogens with two attached hydrogens (primary N) is 2. The molecule has 1 aromatic carbocycles. The van der Waals surface area contributed by atoms with E-state index in [1.165, 1.54) is 18.5 Å². The van der Waals surface area contributed by atoms with Gasteiger partial charge in [-0.05, 0) is 6.07 Å². The summed E-state index contributed by atoms with van der Waals surface area (Å²) in [7, 11) is 0. The molecular weight excluding hydrogens is 168 g/mol. The van der Waals surface area contributed by atoms with Crippen LogP contribution < -0.4 is 16.2 Å². The van der Waals surface area contributed by atoms with Gasteiger partial charge < -0.3 is 16.7 Å². The number of anilines is 2. The molecule has 2 rings (SSSR count). The first-order chi connectivity index (χ1) is 6.18. The molecule has 0 bridgehead atoms. The number of rotatable bonds is 0. The largest absolute Gasteiger partial charge is 0.618 e. The van der Waals surface area contributed by atoms with Gasteiger partial charge in [-0.25, -0.2) is 4.98 Å². The van der Waals surface area contributed by atoms with Crippen LogP contribution in [0.3, 0.4) is 0 Å². The molecule has 4 N–H and O–H groups in total. The van der Waals surface area contributed by atoms with Gasteiger partial charge in [0.05, 0.1) is 17.6 Å². The number of fused-ring (bicyclic) bond motifs is 1. The van der Waals surface area contributed by atoms with Crippen LogP contribution in [-0.2, 0) is 0 Å². The Morgan fingerprint density at radius 1 is 1.23 bits per heavy atom. The lowest BCUT2D eigenvalue weighted by molar-refractivity contribution is -0.577. The summed E-state index contributed by atoms with van der Waals surface area (Å²) in [6.45, 7) is 0. The molecule has 0 aliphatic rings. The molecule has 0 atom stereocenters. The first kappa shape index (κ1) is 7.60. The molecule has 0 radical (unpaired) electrons. The van der Waals surface area contributed by atoms with Crippen molar-refractivity contribution in [2.24, 2.45) is 0 Å². The Morgan fingerprint density at radius 3 is 2.69 bits per heavy atom. The van der Waals surface area contributed by atoms with Crippen LogP contribution in [0.5, 0.6) is 0 Å². The van der Waals surface area contributed by atoms with Crippen LogP contribution in [0.2, 0.25) is 0 Å². The lowest BCUT2D eigenvalue weighted by atomic mass is 10.2. The van der Waals surface area contributed by atoms with E-state index in [1.807, 2.05) is 0 Å². The van der Waals surface area contributed by atoms with E-state index >= 15 is 0 Å². The fraction of sp³-hybridized carbons (Fsp3) is 0. The summed E-state index contributed by atoms with van der Waals surface area (Å²) in [6.07, 6.45) is 2.74. The predicted octanol–water partition coefficient (Wildman–Crippen LogP) is 0.0326. The summed E-state index contributed by atoms with van der Waals surface area (Å²) in [4.78, 5) is 3.99. The molecule has 0 fully saturated rings. The normalized spacial score (nSPS) is 10.5. The summed E-state index contributed by atoms with van der Waals surface area (Å²) >= 11 is 0. The second kappa shape index (κ2) is 2.48. The molecule has 13 heavy (non-hydrogen) atoms. The molecule has 1 aromatic heterocycles. The smallest absolute Gasteiger partial charge is 0.244 e. The van der Waals surface area contributed by atoms with Crippen molar-refractivity contribution in [3.8, 4) is 0 Å². The maximum atomic E-state index is 11.2. The summed E-state index contributed by atoms with van der Waals surface area (Å²) in [6, 6.07) is 3.10. The van der Waals surface area contributed by atoms with E-state index in [2.05, 4.69) is 4.98 Å². The molecule has 5 nitrogen and oxygen atoms in total. The Hall–Kier alpha value is -2.04. The van der Waals surface area contributed by atoms with E-state index in [1.54, 1.807) is 6.07 Å². The lowest BCUT2D eigenvalue weighted by Gasteiger charge is -2.02. The maximum absolute atomic E-state index is 11.2. The van der Waals surface area contributed by atoms with Crippen molar-refractivity contribution in [3.05, 3.63) is 29.7 Å². The molecule has 0 saturated heterocycles. The average Bonchev–Trinajstić information content (AvgIpc) is 2.09. The Bertz CT molecular complexity index is 469. The molecule has 0 unspecified atom stereocenters. The first-order valence-electron chi connectivity index (χ1n) is 3.71. The van der Waals surface area contributed by atoms with Gasteiger partial charge in [0.2, 0.25) is 5.52 Å². The van der Waals surface area contributed by atoms with Gasteiger partial charge in [0, 0.05) is 6.07 Å². The van der Waals surface area contributed by atoms with Crippen LogP contribution in [0.1, 0.15) is 0 Å². The fourth-order valence-corrected chi connectivity index (χ4v) is 1.14. The average molecular weight is 176 g/mol. The van der Waals surface area contributed by atoms with Gasteiger partial charge in [-0.1, -0.05) is 0 Å². The van der Waals surface area contributed by atoms with Crippen LogP contribution in [0.25, 0.3) is 11.0 Å². The van der Waals surface area contributed by atoms with E-state index in [0.29, 0.717) is 27.1 Å². The Kier molecular flexibility index (Phi) is 1.45. The van der Waals surface area contributed by atoms with E-state index < -0.39 is 0 Å². The summed E-state index contributed by atoms with van der Waals surface area (Å²) < 4.78 is 0.706. The third-order valence-corrected chi connectivity index (χ3v) is 1.83. The minimum atomic E-state index is 0.394. The van der Waals surface area contributed by atoms with E-state index in [4.69, 9.17) is 11.5 Å². The zero-order valence-corrected chi connectivity index (χ0v) is 6.77. The molecule has 0 aliphatic carbocycles. The van der Waals surface area contributed by atoms with Gasteiger partial charge in [0.25, 0.3) is 0 Å². The first-order valence-corrected chi connectivity index (χ1v) is 3.71. The van der Waals surface area contributed by atoms with E-state index in [0.717, 1.165) is 0 Å². The van der Waals surface area contributed by atoms with Crippen LogP contribution in [0.4, 0.5) is 11.4 Å². The summed E-state index contributed by atoms with van der Waals surface area (Å²) in [5.74, 6) is 0. The van der Waals surface area contributed by atoms with Gasteiger partial charge >= 0.3 is 0 Å². The number of hydrogen-bond donors (Lipinski definition) is 2. The molecule has 0 saturated carbocycles. The standard InChI is InChI=1S/C8H8N4O/c9-5-3-7-8(4-6(5)10)12(13)2-1-11-7/h1-4H,9-10H2. The van der Waals surface area contributed by atoms with Crippen molar-refractivity contribution < 1.29 is 4.73 Å². The molecule has 2 aromatic rings. The summed E-state index contributed by atoms with van der Waals surface area (Å²) in [5, 5.41) is 11.2. The second-order valence-corrected chi connectivity index (χ2v) is 2.72. The fourth-order valence-electron chi connectivity index (χ4n) is 1.14. The van der Waals surface area contributed by atoms with Gasteiger partial charge in [-0.3, -0.25) is 0 Å². The SMILES string of the molecule is Nc1cc2ncc[n+]([O-])c2cc1N. The van der Waals surface area contributed by atoms with Crippen LogP contribution in [-0.4, -0.2) is 4.98 Å². The Labute approximate surface area is 74.2 Å². The number of nitrogens with zero attached hydrogens (tertiary/aromatic N) is 2.